The van der Waals surface area contributed by atoms with E-state index in [1.54, 1.807) is 13.0 Å². The number of carboxylic acid groups (broad SMARTS) is 1. The zero-order valence-corrected chi connectivity index (χ0v) is 10.6. The first-order chi connectivity index (χ1) is 9.47. The number of anilines is 1. The van der Waals surface area contributed by atoms with Crippen molar-refractivity contribution in [2.75, 3.05) is 5.32 Å². The highest BCUT2D eigenvalue weighted by molar-refractivity contribution is 6.04. The van der Waals surface area contributed by atoms with E-state index in [1.165, 1.54) is 24.3 Å². The van der Waals surface area contributed by atoms with Crippen molar-refractivity contribution in [2.24, 2.45) is 0 Å². The van der Waals surface area contributed by atoms with E-state index in [-0.39, 0.29) is 16.9 Å². The van der Waals surface area contributed by atoms with Crippen LogP contribution in [-0.4, -0.2) is 22.0 Å². The van der Waals surface area contributed by atoms with Gasteiger partial charge in [0.25, 0.3) is 5.91 Å². The third-order valence-electron chi connectivity index (χ3n) is 2.62. The van der Waals surface area contributed by atoms with Gasteiger partial charge in [0.1, 0.15) is 11.6 Å². The maximum Gasteiger partial charge on any atom is 0.337 e. The number of benzene rings is 1. The van der Waals surface area contributed by atoms with E-state index in [0.717, 1.165) is 11.8 Å². The number of hydrogen-bond donors (Lipinski definition) is 2. The van der Waals surface area contributed by atoms with Gasteiger partial charge in [-0.1, -0.05) is 11.6 Å². The normalized spacial score (nSPS) is 10.1. The Hall–Kier alpha value is -2.76. The van der Waals surface area contributed by atoms with Crippen LogP contribution in [0.3, 0.4) is 0 Å². The standard InChI is InChI=1S/C14H11FN2O3/c1-8-2-4-11(15)10(6-8)13(18)17-12-5-3-9(7-16-12)14(19)20/h2-7H,1H3,(H,19,20)(H,16,17,18). The molecule has 1 heterocycles. The molecule has 0 unspecified atom stereocenters. The van der Waals surface area contributed by atoms with Gasteiger partial charge in [-0.3, -0.25) is 4.79 Å². The van der Waals surface area contributed by atoms with E-state index in [9.17, 15) is 14.0 Å². The number of aryl methyl sites for hydroxylation is 1. The van der Waals surface area contributed by atoms with Crippen LogP contribution in [-0.2, 0) is 0 Å². The van der Waals surface area contributed by atoms with E-state index < -0.39 is 17.7 Å². The Balaban J connectivity index is 2.19. The van der Waals surface area contributed by atoms with Gasteiger partial charge in [-0.05, 0) is 31.2 Å². The van der Waals surface area contributed by atoms with Crippen molar-refractivity contribution in [1.82, 2.24) is 4.98 Å². The van der Waals surface area contributed by atoms with Gasteiger partial charge in [-0.15, -0.1) is 0 Å². The van der Waals surface area contributed by atoms with Crippen molar-refractivity contribution in [2.45, 2.75) is 6.92 Å². The fourth-order valence-electron chi connectivity index (χ4n) is 1.59. The Morgan fingerprint density at radius 2 is 2.00 bits per heavy atom. The summed E-state index contributed by atoms with van der Waals surface area (Å²) in [6.07, 6.45) is 1.12. The van der Waals surface area contributed by atoms with Crippen LogP contribution in [0.15, 0.2) is 36.5 Å². The maximum absolute atomic E-state index is 13.5. The summed E-state index contributed by atoms with van der Waals surface area (Å²) in [6, 6.07) is 6.85. The van der Waals surface area contributed by atoms with Gasteiger partial charge in [-0.25, -0.2) is 14.2 Å². The fourth-order valence-corrected chi connectivity index (χ4v) is 1.59. The van der Waals surface area contributed by atoms with Gasteiger partial charge in [0, 0.05) is 6.20 Å². The average Bonchev–Trinajstić information content (AvgIpc) is 2.42. The molecule has 0 fully saturated rings. The Kier molecular flexibility index (Phi) is 3.74. The van der Waals surface area contributed by atoms with Crippen LogP contribution in [0, 0.1) is 12.7 Å². The third kappa shape index (κ3) is 2.97. The SMILES string of the molecule is Cc1ccc(F)c(C(=O)Nc2ccc(C(=O)O)cn2)c1. The molecule has 5 nitrogen and oxygen atoms in total. The number of amides is 1. The lowest BCUT2D eigenvalue weighted by atomic mass is 10.1. The Labute approximate surface area is 114 Å². The van der Waals surface area contributed by atoms with Gasteiger partial charge in [-0.2, -0.15) is 0 Å². The van der Waals surface area contributed by atoms with E-state index in [4.69, 9.17) is 5.11 Å². The second-order valence-electron chi connectivity index (χ2n) is 4.17. The van der Waals surface area contributed by atoms with Crippen LogP contribution in [0.4, 0.5) is 10.2 Å². The highest BCUT2D eigenvalue weighted by Gasteiger charge is 2.13. The summed E-state index contributed by atoms with van der Waals surface area (Å²) in [5, 5.41) is 11.1. The number of halogens is 1. The molecule has 102 valence electrons. The molecule has 0 saturated carbocycles. The number of carbonyl (C=O) groups excluding carboxylic acids is 1. The highest BCUT2D eigenvalue weighted by atomic mass is 19.1. The molecule has 1 amide bonds. The van der Waals surface area contributed by atoms with Crippen LogP contribution in [0.2, 0.25) is 0 Å². The van der Waals surface area contributed by atoms with Crippen molar-refractivity contribution in [3.8, 4) is 0 Å². The van der Waals surface area contributed by atoms with E-state index in [1.807, 2.05) is 0 Å². The van der Waals surface area contributed by atoms with Crippen LogP contribution in [0.5, 0.6) is 0 Å². The van der Waals surface area contributed by atoms with Gasteiger partial charge in [0.05, 0.1) is 11.1 Å². The van der Waals surface area contributed by atoms with Crippen molar-refractivity contribution >= 4 is 17.7 Å². The van der Waals surface area contributed by atoms with Crippen LogP contribution >= 0.6 is 0 Å². The molecule has 0 saturated heterocycles. The number of hydrogen-bond acceptors (Lipinski definition) is 3. The smallest absolute Gasteiger partial charge is 0.337 e. The molecule has 20 heavy (non-hydrogen) atoms. The molecule has 0 atom stereocenters. The summed E-state index contributed by atoms with van der Waals surface area (Å²) in [7, 11) is 0. The molecular weight excluding hydrogens is 263 g/mol. The minimum absolute atomic E-state index is 0.00438. The molecule has 1 aromatic carbocycles. The number of rotatable bonds is 3. The Morgan fingerprint density at radius 1 is 1.25 bits per heavy atom. The summed E-state index contributed by atoms with van der Waals surface area (Å²) in [5.74, 6) is -2.22. The molecule has 0 radical (unpaired) electrons. The third-order valence-corrected chi connectivity index (χ3v) is 2.62. The van der Waals surface area contributed by atoms with Gasteiger partial charge < -0.3 is 10.4 Å². The van der Waals surface area contributed by atoms with E-state index in [2.05, 4.69) is 10.3 Å². The van der Waals surface area contributed by atoms with Gasteiger partial charge >= 0.3 is 5.97 Å². The lowest BCUT2D eigenvalue weighted by molar-refractivity contribution is 0.0696. The summed E-state index contributed by atoms with van der Waals surface area (Å²) < 4.78 is 13.5. The first kappa shape index (κ1) is 13.7. The van der Waals surface area contributed by atoms with E-state index >= 15 is 0 Å². The molecule has 0 aliphatic rings. The first-order valence-corrected chi connectivity index (χ1v) is 5.74. The number of carboxylic acids is 1. The molecule has 0 bridgehead atoms. The Morgan fingerprint density at radius 3 is 2.60 bits per heavy atom. The van der Waals surface area contributed by atoms with E-state index in [0.29, 0.717) is 0 Å². The summed E-state index contributed by atoms with van der Waals surface area (Å²) in [6.45, 7) is 1.75. The number of nitrogens with one attached hydrogen (secondary N) is 1. The molecular formula is C14H11FN2O3. The molecule has 2 N–H and O–H groups in total. The van der Waals surface area contributed by atoms with Crippen LogP contribution < -0.4 is 5.32 Å². The predicted octanol–water partition coefficient (Wildman–Crippen LogP) is 2.48. The van der Waals surface area contributed by atoms with Crippen LogP contribution in [0.1, 0.15) is 26.3 Å². The second kappa shape index (κ2) is 5.48. The van der Waals surface area contributed by atoms with Crippen LogP contribution in [0.25, 0.3) is 0 Å². The summed E-state index contributed by atoms with van der Waals surface area (Å²) >= 11 is 0. The number of aromatic nitrogens is 1. The largest absolute Gasteiger partial charge is 0.478 e. The molecule has 1 aromatic heterocycles. The number of nitrogens with zero attached hydrogens (tertiary/aromatic N) is 1. The molecule has 0 spiro atoms. The van der Waals surface area contributed by atoms with Gasteiger partial charge in [0.15, 0.2) is 0 Å². The summed E-state index contributed by atoms with van der Waals surface area (Å²) in [5.41, 5.74) is 0.671. The molecule has 6 heteroatoms. The highest BCUT2D eigenvalue weighted by Crippen LogP contribution is 2.13. The van der Waals surface area contributed by atoms with Crippen molar-refractivity contribution < 1.29 is 19.1 Å². The predicted molar refractivity (Wildman–Crippen MR) is 70.3 cm³/mol. The van der Waals surface area contributed by atoms with Crippen molar-refractivity contribution in [1.29, 1.82) is 0 Å². The zero-order valence-electron chi connectivity index (χ0n) is 10.6. The minimum Gasteiger partial charge on any atom is -0.478 e. The first-order valence-electron chi connectivity index (χ1n) is 5.74. The second-order valence-corrected chi connectivity index (χ2v) is 4.17. The van der Waals surface area contributed by atoms with Crippen molar-refractivity contribution in [3.05, 3.63) is 59.0 Å². The average molecular weight is 274 g/mol. The Bertz CT molecular complexity index is 669. The lowest BCUT2D eigenvalue weighted by Crippen LogP contribution is -2.15. The molecule has 0 aliphatic heterocycles. The minimum atomic E-state index is -1.11. The quantitative estimate of drug-likeness (QED) is 0.901. The lowest BCUT2D eigenvalue weighted by Gasteiger charge is -2.06. The molecule has 2 aromatic rings. The molecule has 0 aliphatic carbocycles. The fraction of sp³-hybridized carbons (Fsp3) is 0.0714. The maximum atomic E-state index is 13.5. The zero-order chi connectivity index (χ0) is 14.7. The molecule has 2 rings (SSSR count). The topological polar surface area (TPSA) is 79.3 Å². The number of aromatic carboxylic acids is 1. The number of pyridine rings is 1. The summed E-state index contributed by atoms with van der Waals surface area (Å²) in [4.78, 5) is 26.3. The monoisotopic (exact) mass is 274 g/mol. The van der Waals surface area contributed by atoms with Crippen molar-refractivity contribution in [3.63, 3.8) is 0 Å². The number of carbonyl (C=O) groups is 2. The van der Waals surface area contributed by atoms with Gasteiger partial charge in [0.2, 0.25) is 0 Å².